The van der Waals surface area contributed by atoms with Gasteiger partial charge in [0.2, 0.25) is 11.8 Å². The van der Waals surface area contributed by atoms with Gasteiger partial charge in [0.25, 0.3) is 0 Å². The zero-order valence-electron chi connectivity index (χ0n) is 34.7. The van der Waals surface area contributed by atoms with Crippen LogP contribution in [0, 0.1) is 5.92 Å². The molecule has 2 aromatic heterocycles. The Labute approximate surface area is 362 Å². The Kier molecular flexibility index (Phi) is 12.2. The van der Waals surface area contributed by atoms with E-state index in [9.17, 15) is 0 Å². The standard InChI is InChI=1S/C53H49N5O4/c1-38-46(36-60-33-39-18-8-3-9-19-39)48(61-34-40-20-10-4-11-21-40)32-47(38)58-37-54-49-50(58)55-52(56-51(49)62-35-41-22-12-5-13-23-41)57-53(42-24-14-6-15-25-42,43-26-16-7-17-27-43)44-28-30-45(59-2)31-29-44/h3-31,37,46-48H,1,32-36H2,2H3,(H,55,56,57)/t46-,47-,48-/m1/s1. The maximum Gasteiger partial charge on any atom is 0.247 e. The summed E-state index contributed by atoms with van der Waals surface area (Å²) in [6, 6.07) is 59.2. The molecule has 1 aliphatic carbocycles. The van der Waals surface area contributed by atoms with Crippen molar-refractivity contribution in [3.05, 3.63) is 228 Å². The molecule has 2 heterocycles. The first-order chi connectivity index (χ1) is 30.6. The van der Waals surface area contributed by atoms with Crippen LogP contribution in [-0.2, 0) is 34.8 Å². The highest BCUT2D eigenvalue weighted by atomic mass is 16.5. The van der Waals surface area contributed by atoms with Crippen molar-refractivity contribution in [1.29, 1.82) is 0 Å². The lowest BCUT2D eigenvalue weighted by Crippen LogP contribution is -2.38. The van der Waals surface area contributed by atoms with Crippen molar-refractivity contribution in [1.82, 2.24) is 19.5 Å². The van der Waals surface area contributed by atoms with E-state index in [2.05, 4.69) is 70.5 Å². The minimum Gasteiger partial charge on any atom is -0.497 e. The van der Waals surface area contributed by atoms with Gasteiger partial charge < -0.3 is 28.8 Å². The minimum atomic E-state index is -0.932. The fraction of sp³-hybridized carbons (Fsp3) is 0.189. The van der Waals surface area contributed by atoms with E-state index in [1.807, 2.05) is 122 Å². The molecular weight excluding hydrogens is 771 g/mol. The highest BCUT2D eigenvalue weighted by Crippen LogP contribution is 2.44. The number of benzene rings is 6. The van der Waals surface area contributed by atoms with E-state index in [0.29, 0.717) is 55.8 Å². The number of methoxy groups -OCH3 is 1. The lowest BCUT2D eigenvalue weighted by molar-refractivity contribution is -0.0122. The number of hydrogen-bond donors (Lipinski definition) is 1. The number of nitrogens with one attached hydrogen (secondary N) is 1. The Hall–Kier alpha value is -7.07. The van der Waals surface area contributed by atoms with Crippen LogP contribution in [0.1, 0.15) is 45.8 Å². The zero-order chi connectivity index (χ0) is 42.1. The summed E-state index contributed by atoms with van der Waals surface area (Å²) in [6.07, 6.45) is 2.34. The van der Waals surface area contributed by atoms with Gasteiger partial charge in [-0.15, -0.1) is 0 Å². The van der Waals surface area contributed by atoms with Gasteiger partial charge in [0.05, 0.1) is 45.4 Å². The Morgan fingerprint density at radius 3 is 1.76 bits per heavy atom. The normalized spacial score (nSPS) is 16.3. The molecule has 1 saturated carbocycles. The maximum atomic E-state index is 6.73. The molecule has 6 aromatic carbocycles. The number of rotatable bonds is 17. The van der Waals surface area contributed by atoms with Gasteiger partial charge in [0.1, 0.15) is 17.9 Å². The van der Waals surface area contributed by atoms with E-state index in [-0.39, 0.29) is 18.1 Å². The summed E-state index contributed by atoms with van der Waals surface area (Å²) in [6.45, 7) is 6.45. The molecule has 0 aliphatic heterocycles. The van der Waals surface area contributed by atoms with Gasteiger partial charge in [-0.05, 0) is 57.5 Å². The lowest BCUT2D eigenvalue weighted by Gasteiger charge is -2.37. The number of imidazole rings is 1. The van der Waals surface area contributed by atoms with Crippen molar-refractivity contribution in [3.8, 4) is 11.6 Å². The number of ether oxygens (including phenoxy) is 4. The summed E-state index contributed by atoms with van der Waals surface area (Å²) < 4.78 is 27.4. The molecule has 1 fully saturated rings. The second kappa shape index (κ2) is 18.7. The molecule has 9 heteroatoms. The largest absolute Gasteiger partial charge is 0.497 e. The predicted molar refractivity (Wildman–Crippen MR) is 243 cm³/mol. The van der Waals surface area contributed by atoms with E-state index >= 15 is 0 Å². The molecule has 0 amide bonds. The van der Waals surface area contributed by atoms with Crippen LogP contribution in [0.15, 0.2) is 194 Å². The van der Waals surface area contributed by atoms with E-state index in [0.717, 1.165) is 44.7 Å². The molecule has 0 saturated heterocycles. The Morgan fingerprint density at radius 1 is 0.645 bits per heavy atom. The monoisotopic (exact) mass is 819 g/mol. The molecule has 0 radical (unpaired) electrons. The van der Waals surface area contributed by atoms with Crippen molar-refractivity contribution in [2.75, 3.05) is 19.0 Å². The highest BCUT2D eigenvalue weighted by Gasteiger charge is 2.41. The highest BCUT2D eigenvalue weighted by molar-refractivity contribution is 5.78. The average Bonchev–Trinajstić information content (AvgIpc) is 3.90. The molecule has 9 rings (SSSR count). The third-order valence-corrected chi connectivity index (χ3v) is 11.7. The summed E-state index contributed by atoms with van der Waals surface area (Å²) in [4.78, 5) is 15.4. The van der Waals surface area contributed by atoms with Gasteiger partial charge in [0.15, 0.2) is 11.2 Å². The molecule has 310 valence electrons. The number of nitrogens with zero attached hydrogens (tertiary/aromatic N) is 4. The topological polar surface area (TPSA) is 92.6 Å². The first kappa shape index (κ1) is 40.3. The van der Waals surface area contributed by atoms with Gasteiger partial charge in [-0.1, -0.05) is 170 Å². The maximum absolute atomic E-state index is 6.73. The third-order valence-electron chi connectivity index (χ3n) is 11.7. The summed E-state index contributed by atoms with van der Waals surface area (Å²) in [5.41, 5.74) is 7.45. The molecule has 0 unspecified atom stereocenters. The second-order valence-corrected chi connectivity index (χ2v) is 15.6. The van der Waals surface area contributed by atoms with Gasteiger partial charge >= 0.3 is 0 Å². The first-order valence-electron chi connectivity index (χ1n) is 21.0. The van der Waals surface area contributed by atoms with E-state index in [4.69, 9.17) is 40.5 Å². The van der Waals surface area contributed by atoms with E-state index in [1.165, 1.54) is 0 Å². The first-order valence-corrected chi connectivity index (χ1v) is 21.0. The molecule has 9 nitrogen and oxygen atoms in total. The van der Waals surface area contributed by atoms with Crippen molar-refractivity contribution >= 4 is 17.1 Å². The van der Waals surface area contributed by atoms with Crippen LogP contribution in [0.3, 0.4) is 0 Å². The number of fused-ring (bicyclic) bond motifs is 1. The average molecular weight is 820 g/mol. The SMILES string of the molecule is C=C1[C@@H](COCc2ccccc2)[C@H](OCc2ccccc2)C[C@H]1n1cnc2c(OCc3ccccc3)nc(NC(c3ccccc3)(c3ccccc3)c3ccc(OC)cc3)nc21. The molecule has 0 bridgehead atoms. The minimum absolute atomic E-state index is 0.0722. The van der Waals surface area contributed by atoms with Gasteiger partial charge in [-0.25, -0.2) is 4.98 Å². The molecule has 1 aliphatic rings. The smallest absolute Gasteiger partial charge is 0.247 e. The van der Waals surface area contributed by atoms with Gasteiger partial charge in [-0.2, -0.15) is 9.97 Å². The van der Waals surface area contributed by atoms with Crippen molar-refractivity contribution in [2.24, 2.45) is 5.92 Å². The van der Waals surface area contributed by atoms with Gasteiger partial charge in [0, 0.05) is 5.92 Å². The molecule has 62 heavy (non-hydrogen) atoms. The molecule has 3 atom stereocenters. The second-order valence-electron chi connectivity index (χ2n) is 15.6. The summed E-state index contributed by atoms with van der Waals surface area (Å²) in [5.74, 6) is 1.42. The van der Waals surface area contributed by atoms with E-state index in [1.54, 1.807) is 7.11 Å². The van der Waals surface area contributed by atoms with Crippen LogP contribution in [0.25, 0.3) is 11.2 Å². The summed E-state index contributed by atoms with van der Waals surface area (Å²) >= 11 is 0. The Morgan fingerprint density at radius 2 is 1.18 bits per heavy atom. The van der Waals surface area contributed by atoms with Crippen LogP contribution in [-0.4, -0.2) is 39.3 Å². The molecule has 1 N–H and O–H groups in total. The molecule has 0 spiro atoms. The summed E-state index contributed by atoms with van der Waals surface area (Å²) in [5, 5.41) is 3.88. The van der Waals surface area contributed by atoms with Crippen LogP contribution in [0.5, 0.6) is 11.6 Å². The number of hydrogen-bond acceptors (Lipinski definition) is 8. The van der Waals surface area contributed by atoms with Crippen molar-refractivity contribution in [2.45, 2.75) is 43.9 Å². The van der Waals surface area contributed by atoms with Crippen LogP contribution in [0.4, 0.5) is 5.95 Å². The predicted octanol–water partition coefficient (Wildman–Crippen LogP) is 10.7. The fourth-order valence-corrected chi connectivity index (χ4v) is 8.47. The Bertz CT molecular complexity index is 2640. The van der Waals surface area contributed by atoms with Gasteiger partial charge in [-0.3, -0.25) is 0 Å². The molecule has 8 aromatic rings. The molecular formula is C53H49N5O4. The Balaban J connectivity index is 1.13. The van der Waals surface area contributed by atoms with Crippen molar-refractivity contribution in [3.63, 3.8) is 0 Å². The van der Waals surface area contributed by atoms with Crippen LogP contribution in [0.2, 0.25) is 0 Å². The van der Waals surface area contributed by atoms with E-state index < -0.39 is 5.54 Å². The summed E-state index contributed by atoms with van der Waals surface area (Å²) in [7, 11) is 1.68. The van der Waals surface area contributed by atoms with Crippen molar-refractivity contribution < 1.29 is 18.9 Å². The van der Waals surface area contributed by atoms with Crippen LogP contribution >= 0.6 is 0 Å². The fourth-order valence-electron chi connectivity index (χ4n) is 8.47. The third kappa shape index (κ3) is 8.59. The van der Waals surface area contributed by atoms with Crippen LogP contribution < -0.4 is 14.8 Å². The number of aromatic nitrogens is 4. The number of anilines is 1. The lowest BCUT2D eigenvalue weighted by atomic mass is 9.77. The quantitative estimate of drug-likeness (QED) is 0.0717. The zero-order valence-corrected chi connectivity index (χ0v) is 34.7.